The number of aryl methyl sites for hydroxylation is 1. The van der Waals surface area contributed by atoms with Crippen LogP contribution in [0.4, 0.5) is 5.69 Å². The second-order valence-corrected chi connectivity index (χ2v) is 6.81. The van der Waals surface area contributed by atoms with Crippen LogP contribution in [0.2, 0.25) is 5.02 Å². The van der Waals surface area contributed by atoms with E-state index in [9.17, 15) is 4.79 Å². The molecule has 25 heavy (non-hydrogen) atoms. The van der Waals surface area contributed by atoms with E-state index in [0.717, 1.165) is 10.8 Å². The van der Waals surface area contributed by atoms with Crippen molar-refractivity contribution in [2.45, 2.75) is 18.9 Å². The second-order valence-electron chi connectivity index (χ2n) is 5.12. The number of halogens is 1. The minimum absolute atomic E-state index is 0.0735. The van der Waals surface area contributed by atoms with Crippen molar-refractivity contribution in [3.05, 3.63) is 59.3 Å². The lowest BCUT2D eigenvalue weighted by Gasteiger charge is -2.04. The maximum Gasteiger partial charge on any atom is 0.295 e. The Hall–Kier alpha value is -2.38. The third-order valence-electron chi connectivity index (χ3n) is 3.34. The average molecular weight is 374 g/mol. The van der Waals surface area contributed by atoms with Gasteiger partial charge in [0.2, 0.25) is 5.82 Å². The largest absolute Gasteiger partial charge is 0.318 e. The van der Waals surface area contributed by atoms with Crippen LogP contribution < -0.4 is 5.32 Å². The number of nitrogens with one attached hydrogen (secondary N) is 1. The lowest BCUT2D eigenvalue weighted by atomic mass is 10.3. The molecule has 0 aliphatic rings. The highest BCUT2D eigenvalue weighted by atomic mass is 35.5. The van der Waals surface area contributed by atoms with Gasteiger partial charge in [-0.05, 0) is 36.9 Å². The zero-order chi connectivity index (χ0) is 17.8. The molecule has 0 aliphatic heterocycles. The van der Waals surface area contributed by atoms with Crippen LogP contribution in [-0.2, 0) is 0 Å². The van der Waals surface area contributed by atoms with Crippen LogP contribution >= 0.6 is 23.4 Å². The number of hydrogen-bond donors (Lipinski definition) is 1. The Balaban J connectivity index is 1.79. The molecule has 0 unspecified atom stereocenters. The van der Waals surface area contributed by atoms with Gasteiger partial charge >= 0.3 is 0 Å². The summed E-state index contributed by atoms with van der Waals surface area (Å²) in [6.45, 7) is 3.83. The molecule has 0 atom stereocenters. The molecule has 1 aromatic carbocycles. The first-order valence-electron chi connectivity index (χ1n) is 7.67. The van der Waals surface area contributed by atoms with Crippen LogP contribution in [0.3, 0.4) is 0 Å². The third-order valence-corrected chi connectivity index (χ3v) is 4.48. The molecule has 1 N–H and O–H groups in total. The van der Waals surface area contributed by atoms with Gasteiger partial charge in [-0.3, -0.25) is 4.79 Å². The van der Waals surface area contributed by atoms with Gasteiger partial charge in [-0.1, -0.05) is 30.7 Å². The normalized spacial score (nSPS) is 10.7. The Bertz CT molecular complexity index is 894. The smallest absolute Gasteiger partial charge is 0.295 e. The van der Waals surface area contributed by atoms with Gasteiger partial charge in [0, 0.05) is 0 Å². The van der Waals surface area contributed by atoms with Gasteiger partial charge in [-0.2, -0.15) is 0 Å². The summed E-state index contributed by atoms with van der Waals surface area (Å²) in [6, 6.07) is 10.9. The highest BCUT2D eigenvalue weighted by Gasteiger charge is 2.16. The van der Waals surface area contributed by atoms with Gasteiger partial charge < -0.3 is 5.32 Å². The fourth-order valence-electron chi connectivity index (χ4n) is 2.21. The number of para-hydroxylation sites is 1. The molecule has 0 spiro atoms. The molecule has 0 radical (unpaired) electrons. The minimum atomic E-state index is -0.397. The SMILES string of the molecule is CCSc1ccc(NC(=O)c2nc(C)n(-c3ccccc3Cl)n2)cn1. The Labute approximate surface area is 154 Å². The number of aromatic nitrogens is 4. The predicted octanol–water partition coefficient (Wildman–Crippen LogP) is 3.99. The van der Waals surface area contributed by atoms with E-state index in [1.54, 1.807) is 41.7 Å². The fourth-order valence-corrected chi connectivity index (χ4v) is 3.02. The molecule has 2 aromatic heterocycles. The van der Waals surface area contributed by atoms with Crippen molar-refractivity contribution in [3.63, 3.8) is 0 Å². The quantitative estimate of drug-likeness (QED) is 0.684. The molecular formula is C17H16ClN5OS. The first-order valence-corrected chi connectivity index (χ1v) is 9.03. The Morgan fingerprint density at radius 1 is 1.28 bits per heavy atom. The van der Waals surface area contributed by atoms with E-state index in [1.807, 2.05) is 24.3 Å². The summed E-state index contributed by atoms with van der Waals surface area (Å²) in [5.74, 6) is 1.20. The predicted molar refractivity (Wildman–Crippen MR) is 99.7 cm³/mol. The van der Waals surface area contributed by atoms with Crippen molar-refractivity contribution in [3.8, 4) is 5.69 Å². The number of amides is 1. The first kappa shape index (κ1) is 17.4. The summed E-state index contributed by atoms with van der Waals surface area (Å²) in [5.41, 5.74) is 1.27. The number of rotatable bonds is 5. The molecule has 0 bridgehead atoms. The highest BCUT2D eigenvalue weighted by molar-refractivity contribution is 7.99. The first-order chi connectivity index (χ1) is 12.1. The molecule has 0 saturated heterocycles. The van der Waals surface area contributed by atoms with E-state index in [0.29, 0.717) is 22.2 Å². The lowest BCUT2D eigenvalue weighted by molar-refractivity contribution is 0.101. The van der Waals surface area contributed by atoms with Crippen molar-refractivity contribution in [2.24, 2.45) is 0 Å². The van der Waals surface area contributed by atoms with Crippen LogP contribution in [-0.4, -0.2) is 31.4 Å². The van der Waals surface area contributed by atoms with E-state index in [1.165, 1.54) is 0 Å². The van der Waals surface area contributed by atoms with Gasteiger partial charge in [-0.25, -0.2) is 14.6 Å². The number of carbonyl (C=O) groups is 1. The summed E-state index contributed by atoms with van der Waals surface area (Å²) in [6.07, 6.45) is 1.62. The van der Waals surface area contributed by atoms with Crippen LogP contribution in [0, 0.1) is 6.92 Å². The standard InChI is InChI=1S/C17H16ClN5OS/c1-3-25-15-9-8-12(10-19-15)21-17(24)16-20-11(2)23(22-16)14-7-5-4-6-13(14)18/h4-10H,3H2,1-2H3,(H,21,24). The van der Waals surface area contributed by atoms with Gasteiger partial charge in [0.05, 0.1) is 27.6 Å². The Morgan fingerprint density at radius 2 is 2.08 bits per heavy atom. The van der Waals surface area contributed by atoms with Gasteiger partial charge in [0.1, 0.15) is 5.82 Å². The fraction of sp³-hybridized carbons (Fsp3) is 0.176. The molecule has 8 heteroatoms. The molecule has 1 amide bonds. The Kier molecular flexibility index (Phi) is 5.35. The van der Waals surface area contributed by atoms with Crippen LogP contribution in [0.1, 0.15) is 23.4 Å². The average Bonchev–Trinajstić information content (AvgIpc) is 2.99. The molecule has 6 nitrogen and oxygen atoms in total. The molecule has 3 rings (SSSR count). The number of thioether (sulfide) groups is 1. The minimum Gasteiger partial charge on any atom is -0.318 e. The molecule has 128 valence electrons. The van der Waals surface area contributed by atoms with Crippen LogP contribution in [0.25, 0.3) is 5.69 Å². The van der Waals surface area contributed by atoms with Crippen molar-refractivity contribution >= 4 is 35.0 Å². The molecule has 0 saturated carbocycles. The maximum atomic E-state index is 12.4. The summed E-state index contributed by atoms with van der Waals surface area (Å²) in [4.78, 5) is 20.9. The number of carbonyl (C=O) groups excluding carboxylic acids is 1. The van der Waals surface area contributed by atoms with E-state index in [2.05, 4.69) is 27.3 Å². The van der Waals surface area contributed by atoms with Crippen LogP contribution in [0.5, 0.6) is 0 Å². The summed E-state index contributed by atoms with van der Waals surface area (Å²) in [5, 5.41) is 8.47. The molecular weight excluding hydrogens is 358 g/mol. The maximum absolute atomic E-state index is 12.4. The molecule has 0 aliphatic carbocycles. The zero-order valence-corrected chi connectivity index (χ0v) is 15.3. The number of nitrogens with zero attached hydrogens (tertiary/aromatic N) is 4. The molecule has 2 heterocycles. The number of benzene rings is 1. The van der Waals surface area contributed by atoms with Crippen molar-refractivity contribution in [2.75, 3.05) is 11.1 Å². The van der Waals surface area contributed by atoms with E-state index in [-0.39, 0.29) is 5.82 Å². The van der Waals surface area contributed by atoms with Gasteiger partial charge in [0.15, 0.2) is 0 Å². The third kappa shape index (κ3) is 4.00. The Morgan fingerprint density at radius 3 is 2.76 bits per heavy atom. The van der Waals surface area contributed by atoms with Gasteiger partial charge in [-0.15, -0.1) is 16.9 Å². The number of anilines is 1. The lowest BCUT2D eigenvalue weighted by Crippen LogP contribution is -2.14. The van der Waals surface area contributed by atoms with Crippen molar-refractivity contribution in [1.82, 2.24) is 19.7 Å². The topological polar surface area (TPSA) is 72.7 Å². The summed E-state index contributed by atoms with van der Waals surface area (Å²) >= 11 is 7.83. The second kappa shape index (κ2) is 7.67. The summed E-state index contributed by atoms with van der Waals surface area (Å²) < 4.78 is 1.55. The van der Waals surface area contributed by atoms with Gasteiger partial charge in [0.25, 0.3) is 5.91 Å². The highest BCUT2D eigenvalue weighted by Crippen LogP contribution is 2.20. The zero-order valence-electron chi connectivity index (χ0n) is 13.7. The van der Waals surface area contributed by atoms with Crippen LogP contribution in [0.15, 0.2) is 47.6 Å². The summed E-state index contributed by atoms with van der Waals surface area (Å²) in [7, 11) is 0. The van der Waals surface area contributed by atoms with E-state index < -0.39 is 5.91 Å². The van der Waals surface area contributed by atoms with E-state index in [4.69, 9.17) is 11.6 Å². The molecule has 0 fully saturated rings. The number of hydrogen-bond acceptors (Lipinski definition) is 5. The van der Waals surface area contributed by atoms with E-state index >= 15 is 0 Å². The van der Waals surface area contributed by atoms with Crippen molar-refractivity contribution < 1.29 is 4.79 Å². The number of pyridine rings is 1. The van der Waals surface area contributed by atoms with Crippen molar-refractivity contribution in [1.29, 1.82) is 0 Å². The molecule has 3 aromatic rings. The monoisotopic (exact) mass is 373 g/mol.